The zero-order chi connectivity index (χ0) is 26.0. The van der Waals surface area contributed by atoms with Gasteiger partial charge in [0.2, 0.25) is 0 Å². The molecule has 35 heavy (non-hydrogen) atoms. The van der Waals surface area contributed by atoms with E-state index in [1.54, 1.807) is 0 Å². The van der Waals surface area contributed by atoms with Crippen molar-refractivity contribution in [1.29, 1.82) is 0 Å². The van der Waals surface area contributed by atoms with Gasteiger partial charge < -0.3 is 5.11 Å². The SMILES string of the molecule is CCc1c(C)ccc2c1ccc1cc(C)c(C)cc12.O=[N+]([O-])c1cc([N+](=O)[O-])c(O)c([N+](=O)[O-])c1. The monoisotopic (exact) mass is 477 g/mol. The van der Waals surface area contributed by atoms with Crippen molar-refractivity contribution in [2.45, 2.75) is 34.1 Å². The number of fused-ring (bicyclic) bond motifs is 3. The maximum atomic E-state index is 10.4. The maximum absolute atomic E-state index is 10.4. The Labute approximate surface area is 199 Å². The predicted molar refractivity (Wildman–Crippen MR) is 133 cm³/mol. The number of hydrogen-bond donors (Lipinski definition) is 1. The van der Waals surface area contributed by atoms with Crippen LogP contribution in [-0.4, -0.2) is 19.9 Å². The molecule has 0 aliphatic carbocycles. The number of hydrogen-bond acceptors (Lipinski definition) is 7. The second-order valence-corrected chi connectivity index (χ2v) is 8.14. The summed E-state index contributed by atoms with van der Waals surface area (Å²) in [5, 5.41) is 45.8. The highest BCUT2D eigenvalue weighted by molar-refractivity contribution is 6.09. The quantitative estimate of drug-likeness (QED) is 0.198. The third-order valence-electron chi connectivity index (χ3n) is 5.99. The van der Waals surface area contributed by atoms with Crippen molar-refractivity contribution in [2.75, 3.05) is 0 Å². The van der Waals surface area contributed by atoms with Gasteiger partial charge in [-0.2, -0.15) is 0 Å². The van der Waals surface area contributed by atoms with Crippen LogP contribution < -0.4 is 0 Å². The minimum atomic E-state index is -1.21. The zero-order valence-corrected chi connectivity index (χ0v) is 19.6. The molecule has 10 nitrogen and oxygen atoms in total. The van der Waals surface area contributed by atoms with Gasteiger partial charge in [-0.25, -0.2) is 0 Å². The number of benzene rings is 4. The number of aromatic hydroxyl groups is 1. The Morgan fingerprint density at radius 3 is 1.74 bits per heavy atom. The van der Waals surface area contributed by atoms with E-state index in [1.165, 1.54) is 43.8 Å². The van der Waals surface area contributed by atoms with Gasteiger partial charge >= 0.3 is 11.4 Å². The number of phenols is 1. The normalized spacial score (nSPS) is 10.6. The van der Waals surface area contributed by atoms with E-state index in [9.17, 15) is 30.3 Å². The van der Waals surface area contributed by atoms with Crippen LogP contribution in [0.3, 0.4) is 0 Å². The first-order valence-electron chi connectivity index (χ1n) is 10.7. The molecule has 4 rings (SSSR count). The van der Waals surface area contributed by atoms with Gasteiger partial charge in [0.25, 0.3) is 11.4 Å². The highest BCUT2D eigenvalue weighted by Crippen LogP contribution is 2.39. The number of nitro groups is 3. The van der Waals surface area contributed by atoms with E-state index in [0.717, 1.165) is 6.42 Å². The fourth-order valence-electron chi connectivity index (χ4n) is 4.02. The van der Waals surface area contributed by atoms with Gasteiger partial charge in [0, 0.05) is 0 Å². The summed E-state index contributed by atoms with van der Waals surface area (Å²) in [7, 11) is 0. The molecule has 0 radical (unpaired) electrons. The van der Waals surface area contributed by atoms with Crippen molar-refractivity contribution in [3.8, 4) is 5.75 Å². The first kappa shape index (κ1) is 25.0. The molecular weight excluding hydrogens is 454 g/mol. The largest absolute Gasteiger partial charge is 0.497 e. The lowest BCUT2D eigenvalue weighted by Crippen LogP contribution is -1.97. The Bertz CT molecular complexity index is 1480. The molecule has 1 N–H and O–H groups in total. The van der Waals surface area contributed by atoms with E-state index in [0.29, 0.717) is 12.1 Å². The average Bonchev–Trinajstić information content (AvgIpc) is 2.79. The lowest BCUT2D eigenvalue weighted by atomic mass is 9.92. The predicted octanol–water partition coefficient (Wildman–Crippen LogP) is 6.60. The fraction of sp³-hybridized carbons (Fsp3) is 0.200. The summed E-state index contributed by atoms with van der Waals surface area (Å²) in [5.74, 6) is -1.21. The van der Waals surface area contributed by atoms with Gasteiger partial charge in [-0.3, -0.25) is 30.3 Å². The standard InChI is InChI=1S/C19H20.C6H3N3O7/c1-5-16-12(2)6-8-18-17(16)9-7-15-10-13(3)14(4)11-19(15)18;10-6-4(8(13)14)1-3(7(11)12)2-5(6)9(15)16/h6-11H,5H2,1-4H3;1-2,10H. The van der Waals surface area contributed by atoms with Crippen molar-refractivity contribution in [3.63, 3.8) is 0 Å². The molecule has 0 unspecified atom stereocenters. The molecule has 0 atom stereocenters. The summed E-state index contributed by atoms with van der Waals surface area (Å²) < 4.78 is 0. The summed E-state index contributed by atoms with van der Waals surface area (Å²) in [6.07, 6.45) is 1.10. The molecule has 0 saturated heterocycles. The lowest BCUT2D eigenvalue weighted by Gasteiger charge is -2.12. The summed E-state index contributed by atoms with van der Waals surface area (Å²) in [4.78, 5) is 27.8. The smallest absolute Gasteiger partial charge is 0.324 e. The third-order valence-corrected chi connectivity index (χ3v) is 5.99. The van der Waals surface area contributed by atoms with Gasteiger partial charge in [0.15, 0.2) is 0 Å². The van der Waals surface area contributed by atoms with E-state index in [4.69, 9.17) is 5.11 Å². The van der Waals surface area contributed by atoms with Crippen molar-refractivity contribution < 1.29 is 19.9 Å². The number of phenolic OH excluding ortho intramolecular Hbond substituents is 1. The van der Waals surface area contributed by atoms with E-state index < -0.39 is 37.6 Å². The van der Waals surface area contributed by atoms with Gasteiger partial charge in [-0.05, 0) is 71.0 Å². The average molecular weight is 477 g/mol. The van der Waals surface area contributed by atoms with Crippen LogP contribution in [-0.2, 0) is 6.42 Å². The van der Waals surface area contributed by atoms with Crippen LogP contribution in [0.1, 0.15) is 29.2 Å². The van der Waals surface area contributed by atoms with E-state index >= 15 is 0 Å². The van der Waals surface area contributed by atoms with E-state index in [2.05, 4.69) is 64.1 Å². The molecule has 0 aromatic heterocycles. The molecule has 0 saturated carbocycles. The van der Waals surface area contributed by atoms with Crippen LogP contribution in [0.15, 0.2) is 48.5 Å². The number of nitro benzene ring substituents is 3. The Balaban J connectivity index is 0.000000199. The Kier molecular flexibility index (Phi) is 6.95. The number of non-ortho nitro benzene ring substituents is 1. The topological polar surface area (TPSA) is 150 Å². The summed E-state index contributed by atoms with van der Waals surface area (Å²) in [5.41, 5.74) is 2.63. The molecule has 0 bridgehead atoms. The minimum Gasteiger partial charge on any atom is -0.497 e. The highest BCUT2D eigenvalue weighted by Gasteiger charge is 2.30. The molecule has 0 aliphatic rings. The maximum Gasteiger partial charge on any atom is 0.324 e. The lowest BCUT2D eigenvalue weighted by molar-refractivity contribution is -0.404. The van der Waals surface area contributed by atoms with Crippen molar-refractivity contribution in [3.05, 3.63) is 101 Å². The third kappa shape index (κ3) is 4.86. The highest BCUT2D eigenvalue weighted by atomic mass is 16.6. The molecule has 10 heteroatoms. The van der Waals surface area contributed by atoms with Crippen LogP contribution in [0.25, 0.3) is 21.5 Å². The van der Waals surface area contributed by atoms with Gasteiger partial charge in [0.05, 0.1) is 26.9 Å². The van der Waals surface area contributed by atoms with Crippen molar-refractivity contribution in [2.24, 2.45) is 0 Å². The molecule has 0 heterocycles. The first-order chi connectivity index (χ1) is 16.5. The van der Waals surface area contributed by atoms with Crippen LogP contribution >= 0.6 is 0 Å². The molecule has 0 aliphatic heterocycles. The Hall–Kier alpha value is -4.60. The Morgan fingerprint density at radius 1 is 0.686 bits per heavy atom. The fourth-order valence-corrected chi connectivity index (χ4v) is 4.02. The molecule has 0 fully saturated rings. The second kappa shape index (κ2) is 9.72. The number of nitrogens with zero attached hydrogens (tertiary/aromatic N) is 3. The molecule has 180 valence electrons. The van der Waals surface area contributed by atoms with Crippen LogP contribution in [0, 0.1) is 51.1 Å². The summed E-state index contributed by atoms with van der Waals surface area (Å²) in [6, 6.07) is 14.6. The zero-order valence-electron chi connectivity index (χ0n) is 19.6. The minimum absolute atomic E-state index is 0.447. The van der Waals surface area contributed by atoms with Crippen molar-refractivity contribution >= 4 is 38.6 Å². The molecule has 4 aromatic carbocycles. The van der Waals surface area contributed by atoms with Crippen LogP contribution in [0.5, 0.6) is 5.75 Å². The van der Waals surface area contributed by atoms with E-state index in [1.807, 2.05) is 0 Å². The van der Waals surface area contributed by atoms with Crippen LogP contribution in [0.2, 0.25) is 0 Å². The van der Waals surface area contributed by atoms with Gasteiger partial charge in [-0.15, -0.1) is 0 Å². The summed E-state index contributed by atoms with van der Waals surface area (Å²) >= 11 is 0. The number of rotatable bonds is 4. The van der Waals surface area contributed by atoms with Crippen molar-refractivity contribution in [1.82, 2.24) is 0 Å². The van der Waals surface area contributed by atoms with Gasteiger partial charge in [0.1, 0.15) is 0 Å². The Morgan fingerprint density at radius 2 is 1.23 bits per heavy atom. The number of aryl methyl sites for hydroxylation is 4. The molecule has 0 spiro atoms. The second-order valence-electron chi connectivity index (χ2n) is 8.14. The van der Waals surface area contributed by atoms with Gasteiger partial charge in [-0.1, -0.05) is 43.3 Å². The summed E-state index contributed by atoms with van der Waals surface area (Å²) in [6.45, 7) is 8.84. The molecular formula is C25H23N3O7. The molecule has 4 aromatic rings. The molecule has 0 amide bonds. The van der Waals surface area contributed by atoms with Crippen LogP contribution in [0.4, 0.5) is 17.1 Å². The first-order valence-corrected chi connectivity index (χ1v) is 10.7. The van der Waals surface area contributed by atoms with E-state index in [-0.39, 0.29) is 0 Å².